The summed E-state index contributed by atoms with van der Waals surface area (Å²) in [7, 11) is 0. The van der Waals surface area contributed by atoms with E-state index in [0.29, 0.717) is 89.9 Å². The van der Waals surface area contributed by atoms with Gasteiger partial charge in [-0.15, -0.1) is 13.2 Å². The number of carbonyl (C=O) groups is 8. The van der Waals surface area contributed by atoms with Gasteiger partial charge in [0.2, 0.25) is 0 Å². The summed E-state index contributed by atoms with van der Waals surface area (Å²) in [5.41, 5.74) is 14.8. The first-order chi connectivity index (χ1) is 43.1. The van der Waals surface area contributed by atoms with Gasteiger partial charge in [-0.1, -0.05) is 174 Å². The number of nitrogens with two attached hydrogens (primary N) is 1. The fourth-order valence-corrected chi connectivity index (χ4v) is 11.2. The topological polar surface area (TPSA) is 246 Å². The predicted octanol–water partition coefficient (Wildman–Crippen LogP) is 9.27. The number of hydrogen-bond donors (Lipinski definition) is 3. The third kappa shape index (κ3) is 22.7. The van der Waals surface area contributed by atoms with Gasteiger partial charge in [-0.3, -0.25) is 53.3 Å². The SMILES string of the molecule is C.C.C.C.C.C=CCCBr.C=CCCN1C(=O)c2ccccc2C1=O.NCCC(O)CN1CCc2ccccc2C1.O=C1[N-]C(=O)c2ccccc21.O=C1c2ccccc2C(=O)N1CCC(O)CN1CCc2ccccc2C1.O=C1c2ccccc2C(=O)N1CCC1CO1.[K+]. The van der Waals surface area contributed by atoms with Gasteiger partial charge in [0.05, 0.1) is 70.1 Å². The summed E-state index contributed by atoms with van der Waals surface area (Å²) < 4.78 is 5.07. The minimum Gasteiger partial charge on any atom is -0.587 e. The average molecular weight is 1390 g/mol. The number of aliphatic hydroxyl groups excluding tert-OH is 2. The Morgan fingerprint density at radius 1 is 0.484 bits per heavy atom. The van der Waals surface area contributed by atoms with Crippen molar-refractivity contribution < 1.29 is 105 Å². The molecule has 95 heavy (non-hydrogen) atoms. The van der Waals surface area contributed by atoms with Crippen LogP contribution >= 0.6 is 15.9 Å². The van der Waals surface area contributed by atoms with E-state index < -0.39 is 17.9 Å². The predicted molar refractivity (Wildman–Crippen MR) is 376 cm³/mol. The van der Waals surface area contributed by atoms with Crippen LogP contribution < -0.4 is 57.1 Å². The first-order valence-electron chi connectivity index (χ1n) is 29.9. The van der Waals surface area contributed by atoms with Gasteiger partial charge in [-0.05, 0) is 110 Å². The molecule has 0 spiro atoms. The van der Waals surface area contributed by atoms with Gasteiger partial charge in [-0.2, -0.15) is 0 Å². The second kappa shape index (κ2) is 42.0. The maximum Gasteiger partial charge on any atom is 1.00 e. The quantitative estimate of drug-likeness (QED) is 0.0253. The van der Waals surface area contributed by atoms with E-state index in [2.05, 4.69) is 86.7 Å². The number of halogens is 1. The fourth-order valence-electron chi connectivity index (χ4n) is 10.9. The Morgan fingerprint density at radius 3 is 1.13 bits per heavy atom. The number of amides is 8. The van der Waals surface area contributed by atoms with Crippen LogP contribution in [0.15, 0.2) is 171 Å². The van der Waals surface area contributed by atoms with Crippen LogP contribution in [-0.4, -0.2) is 165 Å². The number of ether oxygens (including phenoxy) is 1. The molecule has 0 bridgehead atoms. The number of carbonyl (C=O) groups excluding carboxylic acids is 8. The van der Waals surface area contributed by atoms with Crippen LogP contribution in [0.4, 0.5) is 0 Å². The van der Waals surface area contributed by atoms with Crippen LogP contribution in [-0.2, 0) is 30.7 Å². The molecule has 3 unspecified atom stereocenters. The van der Waals surface area contributed by atoms with Gasteiger partial charge in [0, 0.05) is 75.4 Å². The van der Waals surface area contributed by atoms with Crippen molar-refractivity contribution in [2.75, 3.05) is 64.3 Å². The van der Waals surface area contributed by atoms with Gasteiger partial charge in [0.25, 0.3) is 35.4 Å². The van der Waals surface area contributed by atoms with Crippen LogP contribution in [0, 0.1) is 0 Å². The molecule has 18 nitrogen and oxygen atoms in total. The molecule has 0 radical (unpaired) electrons. The first-order valence-corrected chi connectivity index (χ1v) is 31.1. The summed E-state index contributed by atoms with van der Waals surface area (Å²) in [5, 5.41) is 24.5. The molecule has 0 saturated carbocycles. The van der Waals surface area contributed by atoms with Crippen LogP contribution in [0.25, 0.3) is 5.32 Å². The molecule has 7 aliphatic heterocycles. The smallest absolute Gasteiger partial charge is 0.587 e. The van der Waals surface area contributed by atoms with E-state index in [4.69, 9.17) is 10.5 Å². The standard InChI is InChI=1S/C21H22N2O3.C13H20N2O.C12H11NO3.C12H11NO2.C8H5NO2.C4H7Br.5CH4.K/c24-17(14-22-11-9-15-5-1-2-6-16(15)13-22)10-12-23-20(25)18-7-3-4-8-19(18)21(23)26;14-7-5-13(16)10-15-8-6-11-3-1-2-4-12(11)9-15;14-11-9-3-1-2-4-10(9)12(15)13(11)6-5-8-7-16-8;1-2-3-8-13-11(14)9-6-4-5-7-10(9)12(13)15;10-7-5-3-1-2-4-6(5)8(11)9-7;1-2-3-4-5;;;;;;/h1-8,17,24H,9-14H2;1-4,13,16H,5-10,14H2;1-4,8H,5-7H2;2,4-7H,1,3,8H2;1-4H,(H,9,10,11);2H,1,3-4H2;5*1H4;/q;;;;;;;;;;;+1/p-1. The molecule has 1 fully saturated rings. The minimum atomic E-state index is -0.565. The third-order valence-electron chi connectivity index (χ3n) is 15.7. The normalized spacial score (nSPS) is 16.1. The number of allylic oxidation sites excluding steroid dienone is 1. The molecule has 7 heterocycles. The second-order valence-corrected chi connectivity index (χ2v) is 22.8. The molecule has 20 heteroatoms. The molecular formula is C75H95BrKN7O11. The van der Waals surface area contributed by atoms with E-state index in [1.165, 1.54) is 37.0 Å². The van der Waals surface area contributed by atoms with Gasteiger partial charge in [0.15, 0.2) is 0 Å². The number of alkyl halides is 1. The van der Waals surface area contributed by atoms with Crippen LogP contribution in [0.2, 0.25) is 0 Å². The van der Waals surface area contributed by atoms with Crippen molar-refractivity contribution in [1.29, 1.82) is 0 Å². The zero-order valence-electron chi connectivity index (χ0n) is 50.8. The molecule has 1 saturated heterocycles. The third-order valence-corrected chi connectivity index (χ3v) is 16.2. The van der Waals surface area contributed by atoms with Crippen LogP contribution in [0.5, 0.6) is 0 Å². The molecule has 6 aromatic rings. The molecule has 6 aromatic carbocycles. The summed E-state index contributed by atoms with van der Waals surface area (Å²) in [6.45, 7) is 14.6. The largest absolute Gasteiger partial charge is 1.00 e. The summed E-state index contributed by atoms with van der Waals surface area (Å²) in [5.74, 6) is -2.12. The van der Waals surface area contributed by atoms with Gasteiger partial charge < -0.3 is 35.6 Å². The number of imide groups is 4. The molecule has 0 aliphatic carbocycles. The second-order valence-electron chi connectivity index (χ2n) is 22.0. The Labute approximate surface area is 613 Å². The summed E-state index contributed by atoms with van der Waals surface area (Å²) >= 11 is 3.24. The Morgan fingerprint density at radius 2 is 0.800 bits per heavy atom. The van der Waals surface area contributed by atoms with Crippen molar-refractivity contribution in [2.45, 2.75) is 113 Å². The molecule has 3 atom stereocenters. The number of β-amino-alcohol motifs (C(OH)–C–C–N with tert-alkyl or cyclic N) is 2. The van der Waals surface area contributed by atoms with Crippen molar-refractivity contribution >= 4 is 63.2 Å². The van der Waals surface area contributed by atoms with E-state index >= 15 is 0 Å². The molecule has 8 amide bonds. The average Bonchev–Trinajstić information content (AvgIpc) is 1.67. The van der Waals surface area contributed by atoms with E-state index in [0.717, 1.165) is 70.3 Å². The maximum atomic E-state index is 12.4. The Balaban J connectivity index is 0.000000400. The fraction of sp³-hybridized carbons (Fsp3) is 0.360. The monoisotopic (exact) mass is 1390 g/mol. The minimum absolute atomic E-state index is 0. The van der Waals surface area contributed by atoms with Crippen molar-refractivity contribution in [3.8, 4) is 0 Å². The van der Waals surface area contributed by atoms with E-state index in [-0.39, 0.29) is 143 Å². The molecule has 7 aliphatic rings. The van der Waals surface area contributed by atoms with E-state index in [1.54, 1.807) is 103 Å². The number of hydrogen-bond acceptors (Lipinski definition) is 14. The number of rotatable bonds is 17. The van der Waals surface area contributed by atoms with Gasteiger partial charge >= 0.3 is 51.4 Å². The van der Waals surface area contributed by atoms with Crippen LogP contribution in [0.3, 0.4) is 0 Å². The van der Waals surface area contributed by atoms with E-state index in [1.807, 2.05) is 12.1 Å². The molecule has 504 valence electrons. The number of benzene rings is 6. The number of nitrogens with zero attached hydrogens (tertiary/aromatic N) is 6. The zero-order chi connectivity index (χ0) is 63.4. The van der Waals surface area contributed by atoms with Crippen molar-refractivity contribution in [3.05, 3.63) is 243 Å². The summed E-state index contributed by atoms with van der Waals surface area (Å²) in [6.07, 6.45) is 8.58. The Kier molecular flexibility index (Phi) is 37.3. The van der Waals surface area contributed by atoms with Gasteiger partial charge in [-0.25, -0.2) is 0 Å². The Hall–Kier alpha value is -6.76. The van der Waals surface area contributed by atoms with Crippen molar-refractivity contribution in [1.82, 2.24) is 24.5 Å². The van der Waals surface area contributed by atoms with Crippen molar-refractivity contribution in [2.24, 2.45) is 5.73 Å². The summed E-state index contributed by atoms with van der Waals surface area (Å²) in [6, 6.07) is 44.3. The van der Waals surface area contributed by atoms with E-state index in [9.17, 15) is 48.6 Å². The number of epoxide rings is 1. The molecule has 0 aromatic heterocycles. The summed E-state index contributed by atoms with van der Waals surface area (Å²) in [4.78, 5) is 102. The zero-order valence-corrected chi connectivity index (χ0v) is 55.5. The maximum absolute atomic E-state index is 12.4. The first kappa shape index (κ1) is 84.3. The molecule has 4 N–H and O–H groups in total. The number of fused-ring (bicyclic) bond motifs is 6. The molecular weight excluding hydrogens is 1290 g/mol. The van der Waals surface area contributed by atoms with Gasteiger partial charge in [0.1, 0.15) is 0 Å². The van der Waals surface area contributed by atoms with Crippen LogP contribution in [0.1, 0.15) is 174 Å². The Bertz CT molecular complexity index is 3420. The number of aliphatic hydroxyl groups is 2. The van der Waals surface area contributed by atoms with Crippen molar-refractivity contribution in [3.63, 3.8) is 0 Å². The molecule has 13 rings (SSSR count).